The van der Waals surface area contributed by atoms with Gasteiger partial charge in [0.15, 0.2) is 0 Å². The highest BCUT2D eigenvalue weighted by atomic mass is 19.4. The predicted octanol–water partition coefficient (Wildman–Crippen LogP) is 3.81. The van der Waals surface area contributed by atoms with Gasteiger partial charge in [0.1, 0.15) is 0 Å². The Bertz CT molecular complexity index is 435. The number of rotatable bonds is 7. The normalized spacial score (nSPS) is 15.2. The summed E-state index contributed by atoms with van der Waals surface area (Å²) in [5.41, 5.74) is -0.521. The highest BCUT2D eigenvalue weighted by Crippen LogP contribution is 2.36. The van der Waals surface area contributed by atoms with E-state index in [4.69, 9.17) is 4.74 Å². The first-order valence-corrected chi connectivity index (χ1v) is 7.10. The molecule has 6 heteroatoms. The Hall–Kier alpha value is -1.14. The van der Waals surface area contributed by atoms with Crippen LogP contribution in [0.4, 0.5) is 13.2 Å². The maximum absolute atomic E-state index is 13.2. The van der Waals surface area contributed by atoms with Crippen LogP contribution in [0.5, 0.6) is 0 Å². The monoisotopic (exact) mass is 304 g/mol. The summed E-state index contributed by atoms with van der Waals surface area (Å²) in [6.07, 6.45) is -1.49. The first-order valence-electron chi connectivity index (χ1n) is 7.10. The van der Waals surface area contributed by atoms with E-state index in [0.29, 0.717) is 6.54 Å². The van der Waals surface area contributed by atoms with Crippen LogP contribution in [0.25, 0.3) is 0 Å². The first kappa shape index (κ1) is 17.9. The molecule has 0 aliphatic rings. The summed E-state index contributed by atoms with van der Waals surface area (Å²) in [4.78, 5) is 3.87. The number of ether oxygens (including phenoxy) is 1. The maximum Gasteiger partial charge on any atom is 0.416 e. The third-order valence-corrected chi connectivity index (χ3v) is 3.36. The van der Waals surface area contributed by atoms with Crippen LogP contribution in [0, 0.1) is 5.92 Å². The summed E-state index contributed by atoms with van der Waals surface area (Å²) in [5, 5.41) is 3.17. The van der Waals surface area contributed by atoms with Gasteiger partial charge in [-0.1, -0.05) is 20.8 Å². The van der Waals surface area contributed by atoms with E-state index in [1.165, 1.54) is 19.5 Å². The number of nitrogens with one attached hydrogen (secondary N) is 1. The molecule has 1 N–H and O–H groups in total. The van der Waals surface area contributed by atoms with E-state index in [0.717, 1.165) is 12.5 Å². The van der Waals surface area contributed by atoms with Crippen LogP contribution in [0.15, 0.2) is 18.5 Å². The van der Waals surface area contributed by atoms with E-state index in [-0.39, 0.29) is 17.6 Å². The van der Waals surface area contributed by atoms with Crippen molar-refractivity contribution in [2.75, 3.05) is 13.7 Å². The number of nitrogens with zero attached hydrogens (tertiary/aromatic N) is 1. The molecule has 0 saturated heterocycles. The van der Waals surface area contributed by atoms with Crippen molar-refractivity contribution in [2.45, 2.75) is 45.5 Å². The number of pyridine rings is 1. The SMILES string of the molecule is CCCNC(c1cnccc1C(F)(F)F)C(OC)C(C)C. The lowest BCUT2D eigenvalue weighted by Crippen LogP contribution is -2.38. The lowest BCUT2D eigenvalue weighted by Gasteiger charge is -2.31. The Morgan fingerprint density at radius 3 is 2.48 bits per heavy atom. The molecule has 0 radical (unpaired) electrons. The molecule has 21 heavy (non-hydrogen) atoms. The Kier molecular flexibility index (Phi) is 6.61. The fourth-order valence-corrected chi connectivity index (χ4v) is 2.41. The van der Waals surface area contributed by atoms with Crippen molar-refractivity contribution in [1.82, 2.24) is 10.3 Å². The molecule has 0 fully saturated rings. The van der Waals surface area contributed by atoms with E-state index < -0.39 is 17.8 Å². The molecule has 0 spiro atoms. The van der Waals surface area contributed by atoms with Crippen LogP contribution in [0.1, 0.15) is 44.4 Å². The minimum atomic E-state index is -4.40. The Balaban J connectivity index is 3.26. The second kappa shape index (κ2) is 7.75. The zero-order chi connectivity index (χ0) is 16.0. The maximum atomic E-state index is 13.2. The van der Waals surface area contributed by atoms with Crippen LogP contribution in [-0.2, 0) is 10.9 Å². The van der Waals surface area contributed by atoms with Gasteiger partial charge in [-0.05, 0) is 24.9 Å². The second-order valence-electron chi connectivity index (χ2n) is 5.34. The summed E-state index contributed by atoms with van der Waals surface area (Å²) >= 11 is 0. The highest BCUT2D eigenvalue weighted by Gasteiger charge is 2.37. The van der Waals surface area contributed by atoms with E-state index in [1.54, 1.807) is 0 Å². The molecule has 1 heterocycles. The quantitative estimate of drug-likeness (QED) is 0.831. The van der Waals surface area contributed by atoms with Crippen LogP contribution in [-0.4, -0.2) is 24.7 Å². The molecule has 0 saturated carbocycles. The van der Waals surface area contributed by atoms with E-state index >= 15 is 0 Å². The van der Waals surface area contributed by atoms with Gasteiger partial charge in [0, 0.05) is 25.1 Å². The lowest BCUT2D eigenvalue weighted by atomic mass is 9.91. The van der Waals surface area contributed by atoms with Gasteiger partial charge in [-0.25, -0.2) is 0 Å². The van der Waals surface area contributed by atoms with Gasteiger partial charge in [-0.3, -0.25) is 4.98 Å². The van der Waals surface area contributed by atoms with Crippen LogP contribution < -0.4 is 5.32 Å². The molecule has 0 aromatic carbocycles. The smallest absolute Gasteiger partial charge is 0.379 e. The summed E-state index contributed by atoms with van der Waals surface area (Å²) in [6, 6.07) is 0.475. The minimum absolute atomic E-state index is 0.0747. The van der Waals surface area contributed by atoms with Gasteiger partial charge in [-0.15, -0.1) is 0 Å². The molecular formula is C15H23F3N2O. The molecule has 2 unspecified atom stereocenters. The third kappa shape index (κ3) is 4.68. The van der Waals surface area contributed by atoms with Crippen molar-refractivity contribution in [2.24, 2.45) is 5.92 Å². The molecular weight excluding hydrogens is 281 g/mol. The molecule has 1 aromatic heterocycles. The topological polar surface area (TPSA) is 34.2 Å². The number of alkyl halides is 3. The van der Waals surface area contributed by atoms with Gasteiger partial charge in [0.2, 0.25) is 0 Å². The molecule has 120 valence electrons. The van der Waals surface area contributed by atoms with E-state index in [2.05, 4.69) is 10.3 Å². The summed E-state index contributed by atoms with van der Waals surface area (Å²) < 4.78 is 45.0. The van der Waals surface area contributed by atoms with Gasteiger partial charge in [-0.2, -0.15) is 13.2 Å². The Morgan fingerprint density at radius 1 is 1.33 bits per heavy atom. The van der Waals surface area contributed by atoms with Crippen molar-refractivity contribution in [1.29, 1.82) is 0 Å². The fourth-order valence-electron chi connectivity index (χ4n) is 2.41. The first-order chi connectivity index (χ1) is 9.82. The van der Waals surface area contributed by atoms with Crippen molar-refractivity contribution in [3.8, 4) is 0 Å². The van der Waals surface area contributed by atoms with Crippen LogP contribution in [0.2, 0.25) is 0 Å². The third-order valence-electron chi connectivity index (χ3n) is 3.36. The van der Waals surface area contributed by atoms with Crippen molar-refractivity contribution in [3.05, 3.63) is 29.6 Å². The van der Waals surface area contributed by atoms with Gasteiger partial charge < -0.3 is 10.1 Å². The number of aromatic nitrogens is 1. The van der Waals surface area contributed by atoms with Crippen LogP contribution >= 0.6 is 0 Å². The molecule has 3 nitrogen and oxygen atoms in total. The molecule has 0 amide bonds. The summed E-state index contributed by atoms with van der Waals surface area (Å²) in [7, 11) is 1.52. The zero-order valence-corrected chi connectivity index (χ0v) is 12.9. The molecule has 0 aliphatic carbocycles. The predicted molar refractivity (Wildman–Crippen MR) is 75.9 cm³/mol. The Morgan fingerprint density at radius 2 is 2.00 bits per heavy atom. The van der Waals surface area contributed by atoms with E-state index in [1.807, 2.05) is 20.8 Å². The van der Waals surface area contributed by atoms with Gasteiger partial charge in [0.05, 0.1) is 17.7 Å². The summed E-state index contributed by atoms with van der Waals surface area (Å²) in [5.74, 6) is 0.0747. The average Bonchev–Trinajstić information content (AvgIpc) is 2.42. The lowest BCUT2D eigenvalue weighted by molar-refractivity contribution is -0.139. The number of hydrogen-bond donors (Lipinski definition) is 1. The van der Waals surface area contributed by atoms with Crippen molar-refractivity contribution in [3.63, 3.8) is 0 Å². The largest absolute Gasteiger partial charge is 0.416 e. The second-order valence-corrected chi connectivity index (χ2v) is 5.34. The number of halogens is 3. The van der Waals surface area contributed by atoms with Gasteiger partial charge >= 0.3 is 6.18 Å². The standard InChI is InChI=1S/C15H23F3N2O/c1-5-7-20-13(14(21-4)10(2)3)11-9-19-8-6-12(11)15(16,17)18/h6,8-10,13-14,20H,5,7H2,1-4H3. The highest BCUT2D eigenvalue weighted by molar-refractivity contribution is 5.30. The fraction of sp³-hybridized carbons (Fsp3) is 0.667. The number of methoxy groups -OCH3 is 1. The van der Waals surface area contributed by atoms with Crippen molar-refractivity contribution >= 4 is 0 Å². The average molecular weight is 304 g/mol. The van der Waals surface area contributed by atoms with Crippen LogP contribution in [0.3, 0.4) is 0 Å². The molecule has 0 bridgehead atoms. The molecule has 1 aromatic rings. The van der Waals surface area contributed by atoms with E-state index in [9.17, 15) is 13.2 Å². The number of hydrogen-bond acceptors (Lipinski definition) is 3. The summed E-state index contributed by atoms with van der Waals surface area (Å²) in [6.45, 7) is 6.44. The van der Waals surface area contributed by atoms with Gasteiger partial charge in [0.25, 0.3) is 0 Å². The molecule has 0 aliphatic heterocycles. The van der Waals surface area contributed by atoms with Crippen molar-refractivity contribution < 1.29 is 17.9 Å². The molecule has 1 rings (SSSR count). The zero-order valence-electron chi connectivity index (χ0n) is 12.9. The minimum Gasteiger partial charge on any atom is -0.379 e. The Labute approximate surface area is 123 Å². The molecule has 2 atom stereocenters.